The van der Waals surface area contributed by atoms with Crippen molar-refractivity contribution in [2.75, 3.05) is 0 Å². The molecule has 0 spiro atoms. The minimum atomic E-state index is -0.262. The van der Waals surface area contributed by atoms with Gasteiger partial charge in [-0.05, 0) is 48.7 Å². The van der Waals surface area contributed by atoms with Gasteiger partial charge in [0, 0.05) is 31.0 Å². The molecule has 1 heterocycles. The van der Waals surface area contributed by atoms with Gasteiger partial charge in [0.15, 0.2) is 0 Å². The second-order valence-electron chi connectivity index (χ2n) is 5.91. The second kappa shape index (κ2) is 7.75. The molecule has 4 nitrogen and oxygen atoms in total. The van der Waals surface area contributed by atoms with Crippen LogP contribution in [0.3, 0.4) is 0 Å². The standard InChI is InChI=1S/C20H20FN3O/c1-15-22-12-13-24(15)19-9-4-17(5-10-19)14-23-20(25)11-6-16-2-7-18(21)8-3-16/h2-5,7-10,12-13H,6,11,14H2,1H3,(H,23,25). The number of amides is 1. The van der Waals surface area contributed by atoms with E-state index in [1.54, 1.807) is 18.3 Å². The zero-order valence-electron chi connectivity index (χ0n) is 14.1. The largest absolute Gasteiger partial charge is 0.352 e. The van der Waals surface area contributed by atoms with Crippen LogP contribution in [-0.2, 0) is 17.8 Å². The van der Waals surface area contributed by atoms with Crippen molar-refractivity contribution in [1.82, 2.24) is 14.9 Å². The number of hydrogen-bond donors (Lipinski definition) is 1. The van der Waals surface area contributed by atoms with Crippen LogP contribution in [0.25, 0.3) is 5.69 Å². The lowest BCUT2D eigenvalue weighted by Crippen LogP contribution is -2.23. The van der Waals surface area contributed by atoms with Crippen molar-refractivity contribution in [3.8, 4) is 5.69 Å². The van der Waals surface area contributed by atoms with Gasteiger partial charge in [-0.2, -0.15) is 0 Å². The van der Waals surface area contributed by atoms with Gasteiger partial charge < -0.3 is 9.88 Å². The Morgan fingerprint density at radius 2 is 1.76 bits per heavy atom. The van der Waals surface area contributed by atoms with E-state index in [9.17, 15) is 9.18 Å². The average molecular weight is 337 g/mol. The van der Waals surface area contributed by atoms with Gasteiger partial charge in [-0.15, -0.1) is 0 Å². The van der Waals surface area contributed by atoms with Gasteiger partial charge in [-0.25, -0.2) is 9.37 Å². The van der Waals surface area contributed by atoms with Crippen molar-refractivity contribution >= 4 is 5.91 Å². The Morgan fingerprint density at radius 3 is 2.40 bits per heavy atom. The third kappa shape index (κ3) is 4.53. The summed E-state index contributed by atoms with van der Waals surface area (Å²) >= 11 is 0. The summed E-state index contributed by atoms with van der Waals surface area (Å²) in [5.41, 5.74) is 3.04. The quantitative estimate of drug-likeness (QED) is 0.747. The molecule has 0 bridgehead atoms. The van der Waals surface area contributed by atoms with E-state index in [0.717, 1.165) is 22.6 Å². The van der Waals surface area contributed by atoms with Crippen molar-refractivity contribution in [2.45, 2.75) is 26.3 Å². The number of halogens is 1. The highest BCUT2D eigenvalue weighted by molar-refractivity contribution is 5.76. The van der Waals surface area contributed by atoms with Crippen LogP contribution < -0.4 is 5.32 Å². The predicted octanol–water partition coefficient (Wildman–Crippen LogP) is 3.57. The lowest BCUT2D eigenvalue weighted by molar-refractivity contribution is -0.121. The minimum Gasteiger partial charge on any atom is -0.352 e. The fraction of sp³-hybridized carbons (Fsp3) is 0.200. The van der Waals surface area contributed by atoms with Crippen LogP contribution in [0.4, 0.5) is 4.39 Å². The van der Waals surface area contributed by atoms with Crippen LogP contribution in [0, 0.1) is 12.7 Å². The zero-order valence-corrected chi connectivity index (χ0v) is 14.1. The SMILES string of the molecule is Cc1nccn1-c1ccc(CNC(=O)CCc2ccc(F)cc2)cc1. The minimum absolute atomic E-state index is 0.0149. The summed E-state index contributed by atoms with van der Waals surface area (Å²) in [7, 11) is 0. The molecule has 1 aromatic heterocycles. The van der Waals surface area contributed by atoms with Crippen molar-refractivity contribution in [3.63, 3.8) is 0 Å². The molecule has 0 saturated heterocycles. The van der Waals surface area contributed by atoms with E-state index in [-0.39, 0.29) is 11.7 Å². The second-order valence-corrected chi connectivity index (χ2v) is 5.91. The summed E-state index contributed by atoms with van der Waals surface area (Å²) in [6.45, 7) is 2.45. The first kappa shape index (κ1) is 16.9. The van der Waals surface area contributed by atoms with Crippen LogP contribution in [-0.4, -0.2) is 15.5 Å². The predicted molar refractivity (Wildman–Crippen MR) is 94.9 cm³/mol. The number of aryl methyl sites for hydroxylation is 2. The molecule has 1 N–H and O–H groups in total. The average Bonchev–Trinajstić information content (AvgIpc) is 3.06. The van der Waals surface area contributed by atoms with Gasteiger partial charge in [0.25, 0.3) is 0 Å². The smallest absolute Gasteiger partial charge is 0.220 e. The normalized spacial score (nSPS) is 10.6. The van der Waals surface area contributed by atoms with Gasteiger partial charge in [-0.1, -0.05) is 24.3 Å². The molecule has 2 aromatic carbocycles. The monoisotopic (exact) mass is 337 g/mol. The molecular weight excluding hydrogens is 317 g/mol. The van der Waals surface area contributed by atoms with E-state index in [2.05, 4.69) is 10.3 Å². The fourth-order valence-electron chi connectivity index (χ4n) is 2.62. The number of nitrogens with one attached hydrogen (secondary N) is 1. The lowest BCUT2D eigenvalue weighted by Gasteiger charge is -2.08. The van der Waals surface area contributed by atoms with E-state index >= 15 is 0 Å². The van der Waals surface area contributed by atoms with Crippen molar-refractivity contribution < 1.29 is 9.18 Å². The molecule has 0 saturated carbocycles. The summed E-state index contributed by atoms with van der Waals surface area (Å²) in [5.74, 6) is 0.656. The Morgan fingerprint density at radius 1 is 1.08 bits per heavy atom. The molecule has 0 fully saturated rings. The number of aromatic nitrogens is 2. The highest BCUT2D eigenvalue weighted by Crippen LogP contribution is 2.12. The summed E-state index contributed by atoms with van der Waals surface area (Å²) in [5, 5.41) is 2.91. The highest BCUT2D eigenvalue weighted by Gasteiger charge is 2.04. The molecule has 0 aliphatic carbocycles. The molecule has 0 aliphatic rings. The Balaban J connectivity index is 1.48. The van der Waals surface area contributed by atoms with Gasteiger partial charge >= 0.3 is 0 Å². The number of hydrogen-bond acceptors (Lipinski definition) is 2. The number of imidazole rings is 1. The Kier molecular flexibility index (Phi) is 5.23. The van der Waals surface area contributed by atoms with Crippen LogP contribution in [0.5, 0.6) is 0 Å². The number of carbonyl (C=O) groups excluding carboxylic acids is 1. The zero-order chi connectivity index (χ0) is 17.6. The molecule has 0 unspecified atom stereocenters. The maximum atomic E-state index is 12.9. The van der Waals surface area contributed by atoms with E-state index in [1.165, 1.54) is 12.1 Å². The van der Waals surface area contributed by atoms with Crippen LogP contribution in [0.15, 0.2) is 60.9 Å². The maximum Gasteiger partial charge on any atom is 0.220 e. The van der Waals surface area contributed by atoms with Gasteiger partial charge in [-0.3, -0.25) is 4.79 Å². The molecule has 0 radical (unpaired) electrons. The van der Waals surface area contributed by atoms with E-state index in [4.69, 9.17) is 0 Å². The molecule has 25 heavy (non-hydrogen) atoms. The van der Waals surface area contributed by atoms with Crippen molar-refractivity contribution in [2.24, 2.45) is 0 Å². The summed E-state index contributed by atoms with van der Waals surface area (Å²) < 4.78 is 14.9. The topological polar surface area (TPSA) is 46.9 Å². The van der Waals surface area contributed by atoms with Crippen LogP contribution in [0.2, 0.25) is 0 Å². The Bertz CT molecular complexity index is 838. The molecular formula is C20H20FN3O. The molecule has 0 aliphatic heterocycles. The third-order valence-corrected chi connectivity index (χ3v) is 4.08. The van der Waals surface area contributed by atoms with E-state index < -0.39 is 0 Å². The molecule has 1 amide bonds. The Hall–Kier alpha value is -2.95. The van der Waals surface area contributed by atoms with Crippen molar-refractivity contribution in [1.29, 1.82) is 0 Å². The van der Waals surface area contributed by atoms with Gasteiger partial charge in [0.1, 0.15) is 11.6 Å². The highest BCUT2D eigenvalue weighted by atomic mass is 19.1. The molecule has 3 rings (SSSR count). The van der Waals surface area contributed by atoms with E-state index in [1.807, 2.05) is 42.0 Å². The third-order valence-electron chi connectivity index (χ3n) is 4.08. The Labute approximate surface area is 146 Å². The summed E-state index contributed by atoms with van der Waals surface area (Å²) in [6, 6.07) is 14.2. The first-order valence-electron chi connectivity index (χ1n) is 8.22. The van der Waals surface area contributed by atoms with Crippen LogP contribution >= 0.6 is 0 Å². The van der Waals surface area contributed by atoms with Gasteiger partial charge in [0.05, 0.1) is 0 Å². The lowest BCUT2D eigenvalue weighted by atomic mass is 10.1. The number of rotatable bonds is 6. The molecule has 5 heteroatoms. The van der Waals surface area contributed by atoms with Crippen molar-refractivity contribution in [3.05, 3.63) is 83.7 Å². The van der Waals surface area contributed by atoms with E-state index in [0.29, 0.717) is 19.4 Å². The van der Waals surface area contributed by atoms with Gasteiger partial charge in [0.2, 0.25) is 5.91 Å². The fourth-order valence-corrected chi connectivity index (χ4v) is 2.62. The van der Waals surface area contributed by atoms with Crippen LogP contribution in [0.1, 0.15) is 23.4 Å². The maximum absolute atomic E-state index is 12.9. The number of carbonyl (C=O) groups is 1. The molecule has 128 valence electrons. The molecule has 3 aromatic rings. The summed E-state index contributed by atoms with van der Waals surface area (Å²) in [6.07, 6.45) is 4.68. The number of benzene rings is 2. The summed E-state index contributed by atoms with van der Waals surface area (Å²) in [4.78, 5) is 16.2. The first-order chi connectivity index (χ1) is 12.1. The number of nitrogens with zero attached hydrogens (tertiary/aromatic N) is 2. The first-order valence-corrected chi connectivity index (χ1v) is 8.22. The molecule has 0 atom stereocenters.